The van der Waals surface area contributed by atoms with Gasteiger partial charge in [-0.3, -0.25) is 4.79 Å². The Balaban J connectivity index is 1.61. The fourth-order valence-corrected chi connectivity index (χ4v) is 2.50. The molecule has 0 aliphatic carbocycles. The molecule has 1 N–H and O–H groups in total. The number of hydrogen-bond acceptors (Lipinski definition) is 3. The lowest BCUT2D eigenvalue weighted by atomic mass is 10.1. The molecule has 3 aromatic rings. The van der Waals surface area contributed by atoms with Crippen LogP contribution >= 0.6 is 0 Å². The van der Waals surface area contributed by atoms with E-state index in [0.717, 1.165) is 5.56 Å². The van der Waals surface area contributed by atoms with E-state index in [2.05, 4.69) is 5.32 Å². The van der Waals surface area contributed by atoms with Gasteiger partial charge in [-0.1, -0.05) is 24.3 Å². The van der Waals surface area contributed by atoms with Crippen LogP contribution in [0.15, 0.2) is 72.8 Å². The van der Waals surface area contributed by atoms with Crippen LogP contribution in [0.5, 0.6) is 17.2 Å². The number of benzene rings is 3. The van der Waals surface area contributed by atoms with Crippen LogP contribution in [0.2, 0.25) is 0 Å². The number of amides is 1. The Hall–Kier alpha value is -3.34. The fraction of sp³-hybridized carbons (Fsp3) is 0.0952. The van der Waals surface area contributed by atoms with Crippen LogP contribution in [-0.2, 0) is 11.2 Å². The molecule has 0 aliphatic heterocycles. The quantitative estimate of drug-likeness (QED) is 0.693. The highest BCUT2D eigenvalue weighted by Gasteiger charge is 2.08. The van der Waals surface area contributed by atoms with E-state index >= 15 is 0 Å². The third-order valence-corrected chi connectivity index (χ3v) is 3.71. The molecule has 0 radical (unpaired) electrons. The standard InChI is InChI=1S/C21H18FNO3/c1-25-20-8-3-2-5-15(20)13-21(24)23-17-9-11-18(12-10-17)26-19-7-4-6-16(22)14-19/h2-12,14H,13H2,1H3,(H,23,24). The minimum absolute atomic E-state index is 0.145. The zero-order valence-electron chi connectivity index (χ0n) is 14.2. The van der Waals surface area contributed by atoms with E-state index in [1.54, 1.807) is 43.5 Å². The molecule has 0 aromatic heterocycles. The minimum atomic E-state index is -0.359. The molecule has 0 saturated carbocycles. The van der Waals surface area contributed by atoms with E-state index in [-0.39, 0.29) is 18.1 Å². The van der Waals surface area contributed by atoms with Gasteiger partial charge in [0.2, 0.25) is 5.91 Å². The van der Waals surface area contributed by atoms with E-state index in [9.17, 15) is 9.18 Å². The number of ether oxygens (including phenoxy) is 2. The van der Waals surface area contributed by atoms with Crippen molar-refractivity contribution in [2.75, 3.05) is 12.4 Å². The van der Waals surface area contributed by atoms with E-state index < -0.39 is 0 Å². The maximum Gasteiger partial charge on any atom is 0.228 e. The molecule has 0 fully saturated rings. The Morgan fingerprint density at radius 2 is 1.73 bits per heavy atom. The molecule has 26 heavy (non-hydrogen) atoms. The molecule has 3 rings (SSSR count). The first-order valence-electron chi connectivity index (χ1n) is 8.09. The molecule has 0 saturated heterocycles. The number of carbonyl (C=O) groups is 1. The monoisotopic (exact) mass is 351 g/mol. The van der Waals surface area contributed by atoms with Gasteiger partial charge in [0.1, 0.15) is 23.1 Å². The molecule has 4 nitrogen and oxygen atoms in total. The number of nitrogens with one attached hydrogen (secondary N) is 1. The predicted molar refractivity (Wildman–Crippen MR) is 98.2 cm³/mol. The summed E-state index contributed by atoms with van der Waals surface area (Å²) >= 11 is 0. The summed E-state index contributed by atoms with van der Waals surface area (Å²) in [6.07, 6.45) is 0.214. The Bertz CT molecular complexity index is 894. The molecule has 0 bridgehead atoms. The van der Waals surface area contributed by atoms with Gasteiger partial charge in [-0.25, -0.2) is 4.39 Å². The maximum atomic E-state index is 13.2. The number of carbonyl (C=O) groups excluding carboxylic acids is 1. The van der Waals surface area contributed by atoms with Crippen molar-refractivity contribution in [1.29, 1.82) is 0 Å². The molecule has 0 heterocycles. The van der Waals surface area contributed by atoms with E-state index in [1.165, 1.54) is 12.1 Å². The van der Waals surface area contributed by atoms with Crippen molar-refractivity contribution in [3.05, 3.63) is 84.2 Å². The van der Waals surface area contributed by atoms with Gasteiger partial charge in [-0.15, -0.1) is 0 Å². The van der Waals surface area contributed by atoms with Gasteiger partial charge in [-0.05, 0) is 42.5 Å². The van der Waals surface area contributed by atoms with Gasteiger partial charge in [0.05, 0.1) is 13.5 Å². The second-order valence-electron chi connectivity index (χ2n) is 5.62. The molecule has 0 atom stereocenters. The summed E-state index contributed by atoms with van der Waals surface area (Å²) in [5.41, 5.74) is 1.47. The number of rotatable bonds is 6. The summed E-state index contributed by atoms with van der Waals surface area (Å²) in [6, 6.07) is 20.2. The minimum Gasteiger partial charge on any atom is -0.496 e. The van der Waals surface area contributed by atoms with E-state index in [1.807, 2.05) is 24.3 Å². The van der Waals surface area contributed by atoms with Crippen LogP contribution in [0, 0.1) is 5.82 Å². The van der Waals surface area contributed by atoms with E-state index in [0.29, 0.717) is 22.9 Å². The summed E-state index contributed by atoms with van der Waals surface area (Å²) in [6.45, 7) is 0. The summed E-state index contributed by atoms with van der Waals surface area (Å²) in [7, 11) is 1.58. The molecule has 1 amide bonds. The van der Waals surface area contributed by atoms with Crippen LogP contribution in [0.4, 0.5) is 10.1 Å². The van der Waals surface area contributed by atoms with Crippen molar-refractivity contribution in [1.82, 2.24) is 0 Å². The molecule has 0 spiro atoms. The van der Waals surface area contributed by atoms with Crippen molar-refractivity contribution in [3.63, 3.8) is 0 Å². The topological polar surface area (TPSA) is 47.6 Å². The molecule has 5 heteroatoms. The number of hydrogen-bond donors (Lipinski definition) is 1. The predicted octanol–water partition coefficient (Wildman–Crippen LogP) is 4.81. The Morgan fingerprint density at radius 3 is 2.46 bits per heavy atom. The van der Waals surface area contributed by atoms with E-state index in [4.69, 9.17) is 9.47 Å². The first kappa shape index (κ1) is 17.5. The van der Waals surface area contributed by atoms with Crippen molar-refractivity contribution in [2.45, 2.75) is 6.42 Å². The first-order valence-corrected chi connectivity index (χ1v) is 8.09. The number of para-hydroxylation sites is 1. The lowest BCUT2D eigenvalue weighted by Crippen LogP contribution is -2.14. The third-order valence-electron chi connectivity index (χ3n) is 3.71. The van der Waals surface area contributed by atoms with Crippen molar-refractivity contribution in [2.24, 2.45) is 0 Å². The Kier molecular flexibility index (Phi) is 5.49. The lowest BCUT2D eigenvalue weighted by Gasteiger charge is -2.10. The normalized spacial score (nSPS) is 10.2. The second kappa shape index (κ2) is 8.16. The van der Waals surface area contributed by atoms with Gasteiger partial charge in [0, 0.05) is 17.3 Å². The summed E-state index contributed by atoms with van der Waals surface area (Å²) in [4.78, 5) is 12.2. The molecule has 0 aliphatic rings. The summed E-state index contributed by atoms with van der Waals surface area (Å²) in [5, 5.41) is 2.83. The highest BCUT2D eigenvalue weighted by Crippen LogP contribution is 2.24. The SMILES string of the molecule is COc1ccccc1CC(=O)Nc1ccc(Oc2cccc(F)c2)cc1. The van der Waals surface area contributed by atoms with Crippen LogP contribution in [0.3, 0.4) is 0 Å². The first-order chi connectivity index (χ1) is 12.6. The Labute approximate surface area is 151 Å². The van der Waals surface area contributed by atoms with Gasteiger partial charge < -0.3 is 14.8 Å². The number of anilines is 1. The van der Waals surface area contributed by atoms with Gasteiger partial charge >= 0.3 is 0 Å². The fourth-order valence-electron chi connectivity index (χ4n) is 2.50. The zero-order chi connectivity index (χ0) is 18.4. The van der Waals surface area contributed by atoms with Gasteiger partial charge in [-0.2, -0.15) is 0 Å². The van der Waals surface area contributed by atoms with Crippen molar-refractivity contribution < 1.29 is 18.7 Å². The highest BCUT2D eigenvalue weighted by atomic mass is 19.1. The van der Waals surface area contributed by atoms with Crippen molar-refractivity contribution in [3.8, 4) is 17.2 Å². The molecular weight excluding hydrogens is 333 g/mol. The Morgan fingerprint density at radius 1 is 0.962 bits per heavy atom. The van der Waals surface area contributed by atoms with Crippen LogP contribution in [0.1, 0.15) is 5.56 Å². The third kappa shape index (κ3) is 4.60. The largest absolute Gasteiger partial charge is 0.496 e. The van der Waals surface area contributed by atoms with Crippen LogP contribution in [-0.4, -0.2) is 13.0 Å². The number of halogens is 1. The second-order valence-corrected chi connectivity index (χ2v) is 5.62. The van der Waals surface area contributed by atoms with Gasteiger partial charge in [0.15, 0.2) is 0 Å². The zero-order valence-corrected chi connectivity index (χ0v) is 14.2. The summed E-state index contributed by atoms with van der Waals surface area (Å²) < 4.78 is 24.0. The van der Waals surface area contributed by atoms with Crippen LogP contribution in [0.25, 0.3) is 0 Å². The average molecular weight is 351 g/mol. The van der Waals surface area contributed by atoms with Crippen molar-refractivity contribution >= 4 is 11.6 Å². The molecule has 132 valence electrons. The molecule has 0 unspecified atom stereocenters. The summed E-state index contributed by atoms with van der Waals surface area (Å²) in [5.74, 6) is 1.15. The van der Waals surface area contributed by atoms with Crippen LogP contribution < -0.4 is 14.8 Å². The maximum absolute atomic E-state index is 13.2. The lowest BCUT2D eigenvalue weighted by molar-refractivity contribution is -0.115. The smallest absolute Gasteiger partial charge is 0.228 e. The molecular formula is C21H18FNO3. The number of methoxy groups -OCH3 is 1. The average Bonchev–Trinajstić information content (AvgIpc) is 2.64. The molecule has 3 aromatic carbocycles. The highest BCUT2D eigenvalue weighted by molar-refractivity contribution is 5.92. The van der Waals surface area contributed by atoms with Gasteiger partial charge in [0.25, 0.3) is 0 Å².